The summed E-state index contributed by atoms with van der Waals surface area (Å²) in [5.41, 5.74) is 3.12. The number of hydrogen-bond acceptors (Lipinski definition) is 3. The Morgan fingerprint density at radius 3 is 2.83 bits per heavy atom. The predicted octanol–water partition coefficient (Wildman–Crippen LogP) is 3.66. The van der Waals surface area contributed by atoms with E-state index in [1.54, 1.807) is 13.3 Å². The largest absolute Gasteiger partial charge is 0.495 e. The third-order valence-electron chi connectivity index (χ3n) is 2.71. The van der Waals surface area contributed by atoms with Crippen molar-refractivity contribution in [2.75, 3.05) is 12.4 Å². The van der Waals surface area contributed by atoms with E-state index in [2.05, 4.69) is 10.3 Å². The van der Waals surface area contributed by atoms with Gasteiger partial charge in [-0.15, -0.1) is 0 Å². The molecule has 1 heterocycles. The highest BCUT2D eigenvalue weighted by molar-refractivity contribution is 6.32. The summed E-state index contributed by atoms with van der Waals surface area (Å²) in [6.07, 6.45) is 1.78. The van der Waals surface area contributed by atoms with Crippen molar-refractivity contribution in [3.05, 3.63) is 52.8 Å². The fourth-order valence-corrected chi connectivity index (χ4v) is 1.97. The van der Waals surface area contributed by atoms with Crippen LogP contribution >= 0.6 is 11.6 Å². The van der Waals surface area contributed by atoms with Gasteiger partial charge in [0.2, 0.25) is 0 Å². The molecule has 0 saturated heterocycles. The van der Waals surface area contributed by atoms with E-state index in [1.807, 2.05) is 37.3 Å². The number of pyridine rings is 1. The SMILES string of the molecule is COc1ccc(CNc2cccnc2C)cc1Cl. The van der Waals surface area contributed by atoms with Gasteiger partial charge in [0.25, 0.3) is 0 Å². The third-order valence-corrected chi connectivity index (χ3v) is 3.00. The van der Waals surface area contributed by atoms with E-state index < -0.39 is 0 Å². The first-order valence-electron chi connectivity index (χ1n) is 5.68. The van der Waals surface area contributed by atoms with Crippen LogP contribution in [0.1, 0.15) is 11.3 Å². The number of ether oxygens (including phenoxy) is 1. The van der Waals surface area contributed by atoms with E-state index in [4.69, 9.17) is 16.3 Å². The van der Waals surface area contributed by atoms with Gasteiger partial charge in [0.05, 0.1) is 23.5 Å². The van der Waals surface area contributed by atoms with E-state index in [0.717, 1.165) is 16.9 Å². The molecule has 3 nitrogen and oxygen atoms in total. The molecule has 0 aliphatic rings. The maximum Gasteiger partial charge on any atom is 0.137 e. The molecule has 0 amide bonds. The van der Waals surface area contributed by atoms with Crippen molar-refractivity contribution in [2.24, 2.45) is 0 Å². The van der Waals surface area contributed by atoms with Crippen LogP contribution in [0.5, 0.6) is 5.75 Å². The van der Waals surface area contributed by atoms with Gasteiger partial charge in [-0.2, -0.15) is 0 Å². The standard InChI is InChI=1S/C14H15ClN2O/c1-10-13(4-3-7-16-10)17-9-11-5-6-14(18-2)12(15)8-11/h3-8,17H,9H2,1-2H3. The van der Waals surface area contributed by atoms with Gasteiger partial charge in [0.1, 0.15) is 5.75 Å². The monoisotopic (exact) mass is 262 g/mol. The minimum Gasteiger partial charge on any atom is -0.495 e. The molecule has 1 aromatic heterocycles. The van der Waals surface area contributed by atoms with Crippen LogP contribution < -0.4 is 10.1 Å². The lowest BCUT2D eigenvalue weighted by atomic mass is 10.2. The van der Waals surface area contributed by atoms with Crippen LogP contribution in [0.4, 0.5) is 5.69 Å². The smallest absolute Gasteiger partial charge is 0.137 e. The van der Waals surface area contributed by atoms with Crippen molar-refractivity contribution in [3.63, 3.8) is 0 Å². The number of halogens is 1. The van der Waals surface area contributed by atoms with E-state index in [9.17, 15) is 0 Å². The lowest BCUT2D eigenvalue weighted by Crippen LogP contribution is -2.02. The van der Waals surface area contributed by atoms with Crippen molar-refractivity contribution in [3.8, 4) is 5.75 Å². The zero-order chi connectivity index (χ0) is 13.0. The number of nitrogens with one attached hydrogen (secondary N) is 1. The molecule has 0 radical (unpaired) electrons. The van der Waals surface area contributed by atoms with Gasteiger partial charge in [0, 0.05) is 12.7 Å². The molecule has 0 atom stereocenters. The first-order valence-corrected chi connectivity index (χ1v) is 6.06. The Bertz CT molecular complexity index is 543. The average Bonchev–Trinajstić information content (AvgIpc) is 2.38. The number of rotatable bonds is 4. The predicted molar refractivity (Wildman–Crippen MR) is 74.3 cm³/mol. The number of methoxy groups -OCH3 is 1. The lowest BCUT2D eigenvalue weighted by molar-refractivity contribution is 0.415. The Labute approximate surface area is 112 Å². The normalized spacial score (nSPS) is 10.2. The molecule has 94 valence electrons. The van der Waals surface area contributed by atoms with Gasteiger partial charge in [-0.3, -0.25) is 4.98 Å². The average molecular weight is 263 g/mol. The molecule has 18 heavy (non-hydrogen) atoms. The Hall–Kier alpha value is -1.74. The second-order valence-electron chi connectivity index (χ2n) is 3.96. The Kier molecular flexibility index (Phi) is 4.05. The maximum atomic E-state index is 6.08. The van der Waals surface area contributed by atoms with Crippen molar-refractivity contribution in [1.29, 1.82) is 0 Å². The molecule has 0 fully saturated rings. The second-order valence-corrected chi connectivity index (χ2v) is 4.37. The van der Waals surface area contributed by atoms with Crippen LogP contribution in [0.15, 0.2) is 36.5 Å². The fraction of sp³-hybridized carbons (Fsp3) is 0.214. The van der Waals surface area contributed by atoms with Crippen molar-refractivity contribution in [1.82, 2.24) is 4.98 Å². The summed E-state index contributed by atoms with van der Waals surface area (Å²) < 4.78 is 5.12. The molecule has 1 aromatic carbocycles. The second kappa shape index (κ2) is 5.74. The molecular formula is C14H15ClN2O. The molecule has 0 bridgehead atoms. The summed E-state index contributed by atoms with van der Waals surface area (Å²) in [6, 6.07) is 9.68. The summed E-state index contributed by atoms with van der Waals surface area (Å²) in [4.78, 5) is 4.23. The van der Waals surface area contributed by atoms with Crippen molar-refractivity contribution < 1.29 is 4.74 Å². The Balaban J connectivity index is 2.07. The highest BCUT2D eigenvalue weighted by atomic mass is 35.5. The highest BCUT2D eigenvalue weighted by Gasteiger charge is 2.02. The topological polar surface area (TPSA) is 34.1 Å². The molecule has 0 saturated carbocycles. The van der Waals surface area contributed by atoms with Crippen molar-refractivity contribution in [2.45, 2.75) is 13.5 Å². The molecule has 4 heteroatoms. The molecule has 1 N–H and O–H groups in total. The van der Waals surface area contributed by atoms with Crippen LogP contribution in [0, 0.1) is 6.92 Å². The van der Waals surface area contributed by atoms with E-state index in [0.29, 0.717) is 17.3 Å². The first kappa shape index (κ1) is 12.7. The molecule has 0 unspecified atom stereocenters. The van der Waals surface area contributed by atoms with E-state index in [1.165, 1.54) is 0 Å². The van der Waals surface area contributed by atoms with Crippen LogP contribution in [0.3, 0.4) is 0 Å². The summed E-state index contributed by atoms with van der Waals surface area (Å²) in [7, 11) is 1.61. The first-order chi connectivity index (χ1) is 8.70. The minimum atomic E-state index is 0.625. The maximum absolute atomic E-state index is 6.08. The summed E-state index contributed by atoms with van der Waals surface area (Å²) in [5, 5.41) is 3.96. The molecular weight excluding hydrogens is 248 g/mol. The number of anilines is 1. The number of nitrogens with zero attached hydrogens (tertiary/aromatic N) is 1. The van der Waals surface area contributed by atoms with Crippen LogP contribution in [0.2, 0.25) is 5.02 Å². The molecule has 2 aromatic rings. The van der Waals surface area contributed by atoms with Crippen LogP contribution in [-0.4, -0.2) is 12.1 Å². The van der Waals surface area contributed by atoms with E-state index >= 15 is 0 Å². The summed E-state index contributed by atoms with van der Waals surface area (Å²) in [6.45, 7) is 2.68. The van der Waals surface area contributed by atoms with Gasteiger partial charge in [-0.05, 0) is 36.8 Å². The molecule has 0 aliphatic heterocycles. The van der Waals surface area contributed by atoms with Gasteiger partial charge in [-0.25, -0.2) is 0 Å². The van der Waals surface area contributed by atoms with Gasteiger partial charge >= 0.3 is 0 Å². The minimum absolute atomic E-state index is 0.625. The lowest BCUT2D eigenvalue weighted by Gasteiger charge is -2.10. The Morgan fingerprint density at radius 1 is 1.33 bits per heavy atom. The zero-order valence-electron chi connectivity index (χ0n) is 10.4. The highest BCUT2D eigenvalue weighted by Crippen LogP contribution is 2.25. The molecule has 0 spiro atoms. The third kappa shape index (κ3) is 2.93. The van der Waals surface area contributed by atoms with E-state index in [-0.39, 0.29) is 0 Å². The van der Waals surface area contributed by atoms with Gasteiger partial charge in [0.15, 0.2) is 0 Å². The number of benzene rings is 1. The number of aryl methyl sites for hydroxylation is 1. The fourth-order valence-electron chi connectivity index (χ4n) is 1.69. The Morgan fingerprint density at radius 2 is 2.17 bits per heavy atom. The zero-order valence-corrected chi connectivity index (χ0v) is 11.2. The number of aromatic nitrogens is 1. The van der Waals surface area contributed by atoms with Gasteiger partial charge in [-0.1, -0.05) is 17.7 Å². The summed E-state index contributed by atoms with van der Waals surface area (Å²) in [5.74, 6) is 0.693. The molecule has 2 rings (SSSR count). The van der Waals surface area contributed by atoms with Gasteiger partial charge < -0.3 is 10.1 Å². The molecule has 0 aliphatic carbocycles. The van der Waals surface area contributed by atoms with Crippen LogP contribution in [-0.2, 0) is 6.54 Å². The van der Waals surface area contributed by atoms with Crippen molar-refractivity contribution >= 4 is 17.3 Å². The summed E-state index contributed by atoms with van der Waals surface area (Å²) >= 11 is 6.08. The van der Waals surface area contributed by atoms with Crippen LogP contribution in [0.25, 0.3) is 0 Å². The number of hydrogen-bond donors (Lipinski definition) is 1. The quantitative estimate of drug-likeness (QED) is 0.913.